The van der Waals surface area contributed by atoms with Gasteiger partial charge in [0, 0.05) is 5.75 Å². The minimum Gasteiger partial charge on any atom is -0.333 e. The number of nitrogens with zero attached hydrogens (tertiary/aromatic N) is 1. The Morgan fingerprint density at radius 2 is 1.94 bits per heavy atom. The number of aromatic amines is 1. The number of H-pyrrole nitrogens is 1. The number of aromatic nitrogens is 2. The number of hydrogen-bond acceptors (Lipinski definition) is 3. The molecule has 0 atom stereocenters. The molecule has 0 aliphatic rings. The first-order valence-corrected chi connectivity index (χ1v) is 7.16. The number of para-hydroxylation sites is 2. The van der Waals surface area contributed by atoms with Crippen LogP contribution in [0.4, 0.5) is 0 Å². The molecule has 17 heavy (non-hydrogen) atoms. The fourth-order valence-electron chi connectivity index (χ4n) is 1.77. The van der Waals surface area contributed by atoms with E-state index in [0.29, 0.717) is 0 Å². The van der Waals surface area contributed by atoms with Gasteiger partial charge in [-0.05, 0) is 31.5 Å². The van der Waals surface area contributed by atoms with E-state index in [-0.39, 0.29) is 0 Å². The zero-order chi connectivity index (χ0) is 11.9. The molecule has 0 aliphatic heterocycles. The second-order valence-corrected chi connectivity index (χ2v) is 5.19. The summed E-state index contributed by atoms with van der Waals surface area (Å²) in [6.45, 7) is 0.816. The lowest BCUT2D eigenvalue weighted by Gasteiger charge is -1.98. The second-order valence-electron chi connectivity index (χ2n) is 4.11. The van der Waals surface area contributed by atoms with E-state index in [0.717, 1.165) is 34.9 Å². The topological polar surface area (TPSA) is 54.7 Å². The van der Waals surface area contributed by atoms with Crippen molar-refractivity contribution in [2.45, 2.75) is 30.8 Å². The standard InChI is InChI=1S/C13H19N3S/c14-9-5-1-2-6-10-17-13-15-11-7-3-4-8-12(11)16-13/h3-4,7-8H,1-2,5-6,9-10,14H2,(H,15,16). The minimum absolute atomic E-state index is 0.816. The molecule has 1 aromatic heterocycles. The molecule has 0 saturated heterocycles. The first kappa shape index (κ1) is 12.5. The molecule has 3 nitrogen and oxygen atoms in total. The summed E-state index contributed by atoms with van der Waals surface area (Å²) in [6, 6.07) is 8.15. The molecule has 0 amide bonds. The van der Waals surface area contributed by atoms with Crippen molar-refractivity contribution in [3.8, 4) is 0 Å². The molecule has 0 fully saturated rings. The van der Waals surface area contributed by atoms with Gasteiger partial charge in [0.05, 0.1) is 11.0 Å². The highest BCUT2D eigenvalue weighted by Crippen LogP contribution is 2.20. The van der Waals surface area contributed by atoms with Gasteiger partial charge in [-0.2, -0.15) is 0 Å². The molecule has 2 aromatic rings. The first-order valence-electron chi connectivity index (χ1n) is 6.18. The molecule has 0 saturated carbocycles. The monoisotopic (exact) mass is 249 g/mol. The zero-order valence-corrected chi connectivity index (χ0v) is 10.8. The van der Waals surface area contributed by atoms with Gasteiger partial charge < -0.3 is 10.7 Å². The Kier molecular flexibility index (Phi) is 4.88. The smallest absolute Gasteiger partial charge is 0.166 e. The van der Waals surface area contributed by atoms with Crippen LogP contribution in [0.2, 0.25) is 0 Å². The van der Waals surface area contributed by atoms with Gasteiger partial charge in [-0.1, -0.05) is 36.7 Å². The van der Waals surface area contributed by atoms with Crippen molar-refractivity contribution in [2.75, 3.05) is 12.3 Å². The quantitative estimate of drug-likeness (QED) is 0.585. The maximum absolute atomic E-state index is 5.46. The van der Waals surface area contributed by atoms with Crippen molar-refractivity contribution >= 4 is 22.8 Å². The highest BCUT2D eigenvalue weighted by Gasteiger charge is 2.01. The number of benzene rings is 1. The highest BCUT2D eigenvalue weighted by molar-refractivity contribution is 7.99. The van der Waals surface area contributed by atoms with Crippen molar-refractivity contribution in [1.82, 2.24) is 9.97 Å². The lowest BCUT2D eigenvalue weighted by atomic mass is 10.2. The van der Waals surface area contributed by atoms with Gasteiger partial charge >= 0.3 is 0 Å². The first-order chi connectivity index (χ1) is 8.40. The van der Waals surface area contributed by atoms with E-state index < -0.39 is 0 Å². The maximum atomic E-state index is 5.46. The second kappa shape index (κ2) is 6.67. The molecule has 0 bridgehead atoms. The van der Waals surface area contributed by atoms with Crippen LogP contribution in [0.15, 0.2) is 29.4 Å². The molecular weight excluding hydrogens is 230 g/mol. The number of fused-ring (bicyclic) bond motifs is 1. The summed E-state index contributed by atoms with van der Waals surface area (Å²) in [4.78, 5) is 7.86. The zero-order valence-electron chi connectivity index (χ0n) is 9.98. The number of unbranched alkanes of at least 4 members (excludes halogenated alkanes) is 3. The van der Waals surface area contributed by atoms with Gasteiger partial charge in [-0.3, -0.25) is 0 Å². The summed E-state index contributed by atoms with van der Waals surface area (Å²) in [6.07, 6.45) is 4.90. The van der Waals surface area contributed by atoms with Gasteiger partial charge in [0.25, 0.3) is 0 Å². The third-order valence-electron chi connectivity index (χ3n) is 2.70. The molecule has 1 heterocycles. The summed E-state index contributed by atoms with van der Waals surface area (Å²) in [5.41, 5.74) is 7.63. The predicted molar refractivity (Wildman–Crippen MR) is 74.3 cm³/mol. The lowest BCUT2D eigenvalue weighted by Crippen LogP contribution is -1.97. The third-order valence-corrected chi connectivity index (χ3v) is 3.66. The van der Waals surface area contributed by atoms with Crippen LogP contribution in [0, 0.1) is 0 Å². The average molecular weight is 249 g/mol. The van der Waals surface area contributed by atoms with Crippen LogP contribution in [-0.2, 0) is 0 Å². The molecule has 1 aromatic carbocycles. The molecule has 3 N–H and O–H groups in total. The average Bonchev–Trinajstić information content (AvgIpc) is 2.76. The number of hydrogen-bond donors (Lipinski definition) is 2. The Hall–Kier alpha value is -1.00. The van der Waals surface area contributed by atoms with Crippen LogP contribution < -0.4 is 5.73 Å². The molecule has 0 aliphatic carbocycles. The predicted octanol–water partition coefficient (Wildman–Crippen LogP) is 3.17. The number of nitrogens with two attached hydrogens (primary N) is 1. The molecule has 2 rings (SSSR count). The van der Waals surface area contributed by atoms with E-state index in [1.54, 1.807) is 11.8 Å². The van der Waals surface area contributed by atoms with E-state index in [9.17, 15) is 0 Å². The number of rotatable bonds is 7. The van der Waals surface area contributed by atoms with Crippen molar-refractivity contribution in [1.29, 1.82) is 0 Å². The summed E-state index contributed by atoms with van der Waals surface area (Å²) >= 11 is 1.81. The van der Waals surface area contributed by atoms with Crippen LogP contribution in [0.3, 0.4) is 0 Å². The van der Waals surface area contributed by atoms with Gasteiger partial charge in [-0.25, -0.2) is 4.98 Å². The molecule has 92 valence electrons. The Labute approximate surface area is 106 Å². The normalized spacial score (nSPS) is 11.1. The van der Waals surface area contributed by atoms with Gasteiger partial charge in [0.15, 0.2) is 5.16 Å². The molecule has 0 spiro atoms. The van der Waals surface area contributed by atoms with E-state index in [1.807, 2.05) is 18.2 Å². The summed E-state index contributed by atoms with van der Waals surface area (Å²) in [5, 5.41) is 1.03. The number of imidazole rings is 1. The molecule has 0 unspecified atom stereocenters. The van der Waals surface area contributed by atoms with E-state index in [2.05, 4.69) is 16.0 Å². The Bertz CT molecular complexity index is 420. The van der Waals surface area contributed by atoms with Gasteiger partial charge in [0.2, 0.25) is 0 Å². The minimum atomic E-state index is 0.816. The van der Waals surface area contributed by atoms with Crippen molar-refractivity contribution in [3.05, 3.63) is 24.3 Å². The Morgan fingerprint density at radius 1 is 1.12 bits per heavy atom. The van der Waals surface area contributed by atoms with Crippen LogP contribution in [0.25, 0.3) is 11.0 Å². The molecule has 4 heteroatoms. The van der Waals surface area contributed by atoms with Crippen LogP contribution in [0.5, 0.6) is 0 Å². The lowest BCUT2D eigenvalue weighted by molar-refractivity contribution is 0.678. The summed E-state index contributed by atoms with van der Waals surface area (Å²) in [7, 11) is 0. The fourth-order valence-corrected chi connectivity index (χ4v) is 2.65. The van der Waals surface area contributed by atoms with Crippen molar-refractivity contribution < 1.29 is 0 Å². The Balaban J connectivity index is 1.75. The Morgan fingerprint density at radius 3 is 2.76 bits per heavy atom. The summed E-state index contributed by atoms with van der Waals surface area (Å²) in [5.74, 6) is 1.13. The third kappa shape index (κ3) is 3.75. The van der Waals surface area contributed by atoms with Crippen molar-refractivity contribution in [3.63, 3.8) is 0 Å². The molecule has 0 radical (unpaired) electrons. The fraction of sp³-hybridized carbons (Fsp3) is 0.462. The van der Waals surface area contributed by atoms with Crippen LogP contribution >= 0.6 is 11.8 Å². The van der Waals surface area contributed by atoms with Gasteiger partial charge in [0.1, 0.15) is 0 Å². The van der Waals surface area contributed by atoms with E-state index in [4.69, 9.17) is 5.73 Å². The number of nitrogens with one attached hydrogen (secondary N) is 1. The van der Waals surface area contributed by atoms with E-state index >= 15 is 0 Å². The van der Waals surface area contributed by atoms with Crippen LogP contribution in [-0.4, -0.2) is 22.3 Å². The summed E-state index contributed by atoms with van der Waals surface area (Å²) < 4.78 is 0. The SMILES string of the molecule is NCCCCCCSc1nc2ccccc2[nH]1. The molecular formula is C13H19N3S. The van der Waals surface area contributed by atoms with Crippen LogP contribution in [0.1, 0.15) is 25.7 Å². The van der Waals surface area contributed by atoms with Crippen molar-refractivity contribution in [2.24, 2.45) is 5.73 Å². The maximum Gasteiger partial charge on any atom is 0.166 e. The highest BCUT2D eigenvalue weighted by atomic mass is 32.2. The van der Waals surface area contributed by atoms with E-state index in [1.165, 1.54) is 19.3 Å². The van der Waals surface area contributed by atoms with Gasteiger partial charge in [-0.15, -0.1) is 0 Å². The largest absolute Gasteiger partial charge is 0.333 e. The number of thioether (sulfide) groups is 1.